The SMILES string of the molecule is CCC(N)CCc1ccc2c(c1)CCC(=O)N2C. The Labute approximate surface area is 109 Å². The summed E-state index contributed by atoms with van der Waals surface area (Å²) >= 11 is 0. The van der Waals surface area contributed by atoms with E-state index in [9.17, 15) is 4.79 Å². The molecule has 1 amide bonds. The molecule has 3 nitrogen and oxygen atoms in total. The number of fused-ring (bicyclic) bond motifs is 1. The van der Waals surface area contributed by atoms with Crippen molar-refractivity contribution in [1.29, 1.82) is 0 Å². The molecule has 18 heavy (non-hydrogen) atoms. The quantitative estimate of drug-likeness (QED) is 0.885. The van der Waals surface area contributed by atoms with Gasteiger partial charge in [0, 0.05) is 25.2 Å². The first kappa shape index (κ1) is 13.1. The molecule has 2 rings (SSSR count). The minimum absolute atomic E-state index is 0.211. The van der Waals surface area contributed by atoms with E-state index in [0.29, 0.717) is 12.5 Å². The van der Waals surface area contributed by atoms with Crippen molar-refractivity contribution in [3.05, 3.63) is 29.3 Å². The van der Waals surface area contributed by atoms with Crippen LogP contribution in [-0.4, -0.2) is 19.0 Å². The zero-order valence-corrected chi connectivity index (χ0v) is 11.3. The van der Waals surface area contributed by atoms with Gasteiger partial charge in [0.25, 0.3) is 0 Å². The van der Waals surface area contributed by atoms with Crippen molar-refractivity contribution < 1.29 is 4.79 Å². The number of nitrogens with zero attached hydrogens (tertiary/aromatic N) is 1. The Hall–Kier alpha value is -1.35. The molecule has 1 unspecified atom stereocenters. The Morgan fingerprint density at radius 1 is 1.39 bits per heavy atom. The first-order valence-electron chi connectivity index (χ1n) is 6.75. The van der Waals surface area contributed by atoms with Gasteiger partial charge >= 0.3 is 0 Å². The van der Waals surface area contributed by atoms with E-state index in [0.717, 1.165) is 31.4 Å². The number of hydrogen-bond donors (Lipinski definition) is 1. The number of hydrogen-bond acceptors (Lipinski definition) is 2. The summed E-state index contributed by atoms with van der Waals surface area (Å²) in [6, 6.07) is 6.72. The Morgan fingerprint density at radius 2 is 2.17 bits per heavy atom. The van der Waals surface area contributed by atoms with E-state index in [2.05, 4.69) is 25.1 Å². The third-order valence-corrected chi connectivity index (χ3v) is 3.82. The summed E-state index contributed by atoms with van der Waals surface area (Å²) in [7, 11) is 1.85. The summed E-state index contributed by atoms with van der Waals surface area (Å²) in [6.07, 6.45) is 4.58. The van der Waals surface area contributed by atoms with Crippen molar-refractivity contribution in [1.82, 2.24) is 0 Å². The van der Waals surface area contributed by atoms with E-state index in [1.807, 2.05) is 7.05 Å². The Kier molecular flexibility index (Phi) is 4.02. The number of benzene rings is 1. The van der Waals surface area contributed by atoms with Crippen molar-refractivity contribution >= 4 is 11.6 Å². The molecule has 1 heterocycles. The summed E-state index contributed by atoms with van der Waals surface area (Å²) in [5, 5.41) is 0. The molecule has 3 heteroatoms. The number of nitrogens with two attached hydrogens (primary N) is 1. The second-order valence-electron chi connectivity index (χ2n) is 5.12. The van der Waals surface area contributed by atoms with Gasteiger partial charge in [-0.05, 0) is 42.9 Å². The van der Waals surface area contributed by atoms with Gasteiger partial charge in [-0.25, -0.2) is 0 Å². The molecule has 0 saturated heterocycles. The molecule has 98 valence electrons. The maximum absolute atomic E-state index is 11.6. The van der Waals surface area contributed by atoms with Gasteiger partial charge in [0.2, 0.25) is 5.91 Å². The van der Waals surface area contributed by atoms with E-state index in [-0.39, 0.29) is 5.91 Å². The molecule has 0 saturated carbocycles. The second-order valence-corrected chi connectivity index (χ2v) is 5.12. The van der Waals surface area contributed by atoms with Crippen LogP contribution >= 0.6 is 0 Å². The third kappa shape index (κ3) is 2.72. The molecule has 1 aromatic carbocycles. The van der Waals surface area contributed by atoms with Crippen molar-refractivity contribution in [3.63, 3.8) is 0 Å². The molecular weight excluding hydrogens is 224 g/mol. The lowest BCUT2D eigenvalue weighted by Crippen LogP contribution is -2.31. The van der Waals surface area contributed by atoms with Gasteiger partial charge in [-0.3, -0.25) is 4.79 Å². The number of amides is 1. The van der Waals surface area contributed by atoms with Crippen LogP contribution in [-0.2, 0) is 17.6 Å². The highest BCUT2D eigenvalue weighted by molar-refractivity contribution is 5.95. The van der Waals surface area contributed by atoms with Gasteiger partial charge < -0.3 is 10.6 Å². The minimum atomic E-state index is 0.211. The molecule has 0 aromatic heterocycles. The normalized spacial score (nSPS) is 16.6. The lowest BCUT2D eigenvalue weighted by atomic mass is 9.96. The third-order valence-electron chi connectivity index (χ3n) is 3.82. The molecular formula is C15H22N2O. The molecule has 1 atom stereocenters. The van der Waals surface area contributed by atoms with Crippen LogP contribution in [0.4, 0.5) is 5.69 Å². The van der Waals surface area contributed by atoms with Gasteiger partial charge in [0.05, 0.1) is 0 Å². The number of rotatable bonds is 4. The molecule has 0 radical (unpaired) electrons. The van der Waals surface area contributed by atoms with Crippen LogP contribution in [0.15, 0.2) is 18.2 Å². The molecule has 0 spiro atoms. The molecule has 0 aliphatic carbocycles. The van der Waals surface area contributed by atoms with E-state index >= 15 is 0 Å². The predicted molar refractivity (Wildman–Crippen MR) is 74.8 cm³/mol. The Morgan fingerprint density at radius 3 is 2.89 bits per heavy atom. The molecule has 0 fully saturated rings. The van der Waals surface area contributed by atoms with Gasteiger partial charge in [-0.1, -0.05) is 19.1 Å². The molecule has 0 bridgehead atoms. The summed E-state index contributed by atoms with van der Waals surface area (Å²) in [4.78, 5) is 13.4. The average molecular weight is 246 g/mol. The number of carbonyl (C=O) groups is 1. The van der Waals surface area contributed by atoms with Gasteiger partial charge in [0.1, 0.15) is 0 Å². The zero-order valence-electron chi connectivity index (χ0n) is 11.3. The first-order chi connectivity index (χ1) is 8.61. The van der Waals surface area contributed by atoms with E-state index in [1.165, 1.54) is 11.1 Å². The summed E-state index contributed by atoms with van der Waals surface area (Å²) in [5.74, 6) is 0.211. The highest BCUT2D eigenvalue weighted by atomic mass is 16.2. The van der Waals surface area contributed by atoms with Crippen LogP contribution < -0.4 is 10.6 Å². The standard InChI is InChI=1S/C15H22N2O/c1-3-13(16)7-4-11-5-8-14-12(10-11)6-9-15(18)17(14)2/h5,8,10,13H,3-4,6-7,9,16H2,1-2H3. The highest BCUT2D eigenvalue weighted by Crippen LogP contribution is 2.27. The summed E-state index contributed by atoms with van der Waals surface area (Å²) in [5.41, 5.74) is 9.64. The number of aryl methyl sites for hydroxylation is 2. The van der Waals surface area contributed by atoms with Crippen LogP contribution in [0.3, 0.4) is 0 Å². The van der Waals surface area contributed by atoms with E-state index in [4.69, 9.17) is 5.73 Å². The summed E-state index contributed by atoms with van der Waals surface area (Å²) < 4.78 is 0. The maximum atomic E-state index is 11.6. The maximum Gasteiger partial charge on any atom is 0.227 e. The fourth-order valence-corrected chi connectivity index (χ4v) is 2.42. The molecule has 2 N–H and O–H groups in total. The highest BCUT2D eigenvalue weighted by Gasteiger charge is 2.20. The topological polar surface area (TPSA) is 46.3 Å². The fourth-order valence-electron chi connectivity index (χ4n) is 2.42. The predicted octanol–water partition coefficient (Wildman–Crippen LogP) is 2.27. The monoisotopic (exact) mass is 246 g/mol. The molecule has 1 aliphatic heterocycles. The van der Waals surface area contributed by atoms with Crippen LogP contribution in [0.1, 0.15) is 37.3 Å². The van der Waals surface area contributed by atoms with Gasteiger partial charge in [-0.15, -0.1) is 0 Å². The van der Waals surface area contributed by atoms with E-state index in [1.54, 1.807) is 4.90 Å². The Balaban J connectivity index is 2.10. The smallest absolute Gasteiger partial charge is 0.227 e. The molecule has 1 aromatic rings. The van der Waals surface area contributed by atoms with E-state index < -0.39 is 0 Å². The van der Waals surface area contributed by atoms with Gasteiger partial charge in [0.15, 0.2) is 0 Å². The summed E-state index contributed by atoms with van der Waals surface area (Å²) in [6.45, 7) is 2.12. The van der Waals surface area contributed by atoms with Crippen LogP contribution in [0, 0.1) is 0 Å². The van der Waals surface area contributed by atoms with Crippen LogP contribution in [0.2, 0.25) is 0 Å². The fraction of sp³-hybridized carbons (Fsp3) is 0.533. The van der Waals surface area contributed by atoms with Gasteiger partial charge in [-0.2, -0.15) is 0 Å². The van der Waals surface area contributed by atoms with Crippen molar-refractivity contribution in [2.45, 2.75) is 45.1 Å². The lowest BCUT2D eigenvalue weighted by molar-refractivity contribution is -0.118. The minimum Gasteiger partial charge on any atom is -0.328 e. The number of anilines is 1. The molecule has 1 aliphatic rings. The number of carbonyl (C=O) groups excluding carboxylic acids is 1. The Bertz CT molecular complexity index is 442. The van der Waals surface area contributed by atoms with Crippen molar-refractivity contribution in [3.8, 4) is 0 Å². The lowest BCUT2D eigenvalue weighted by Gasteiger charge is -2.26. The first-order valence-corrected chi connectivity index (χ1v) is 6.75. The second kappa shape index (κ2) is 5.53. The average Bonchev–Trinajstić information content (AvgIpc) is 2.40. The van der Waals surface area contributed by atoms with Crippen LogP contribution in [0.25, 0.3) is 0 Å². The van der Waals surface area contributed by atoms with Crippen molar-refractivity contribution in [2.24, 2.45) is 5.73 Å². The largest absolute Gasteiger partial charge is 0.328 e. The zero-order chi connectivity index (χ0) is 13.1. The van der Waals surface area contributed by atoms with Crippen molar-refractivity contribution in [2.75, 3.05) is 11.9 Å². The van der Waals surface area contributed by atoms with Crippen LogP contribution in [0.5, 0.6) is 0 Å².